The molecule has 1 aromatic rings. The van der Waals surface area contributed by atoms with Crippen LogP contribution in [0, 0.1) is 0 Å². The molecule has 0 atom stereocenters. The molecular formula is C15H23Cl2N3O. The Balaban J connectivity index is 2.14. The number of pyridine rings is 1. The molecular weight excluding hydrogens is 309 g/mol. The molecule has 0 spiro atoms. The van der Waals surface area contributed by atoms with E-state index in [0.29, 0.717) is 22.2 Å². The Bertz CT molecular complexity index is 421. The van der Waals surface area contributed by atoms with Gasteiger partial charge >= 0.3 is 0 Å². The standard InChI is InChI=1S/C15H23Cl2N3O/c1-2-3-4-5-6-7-8-9-14(21)19-20-15-12(16)10-18-11-13(15)17/h10-11H,2-9H2,1H3,(H,18,20)(H,19,21). The number of hydrogen-bond acceptors (Lipinski definition) is 3. The van der Waals surface area contributed by atoms with Gasteiger partial charge in [-0.3, -0.25) is 20.6 Å². The van der Waals surface area contributed by atoms with Crippen molar-refractivity contribution in [3.63, 3.8) is 0 Å². The summed E-state index contributed by atoms with van der Waals surface area (Å²) in [5, 5.41) is 0.748. The molecule has 1 rings (SSSR count). The fourth-order valence-electron chi connectivity index (χ4n) is 1.97. The van der Waals surface area contributed by atoms with E-state index in [2.05, 4.69) is 22.8 Å². The van der Waals surface area contributed by atoms with Crippen molar-refractivity contribution in [1.29, 1.82) is 0 Å². The van der Waals surface area contributed by atoms with Crippen LogP contribution in [0.3, 0.4) is 0 Å². The first kappa shape index (κ1) is 18.1. The van der Waals surface area contributed by atoms with Crippen molar-refractivity contribution in [2.24, 2.45) is 0 Å². The summed E-state index contributed by atoms with van der Waals surface area (Å²) in [4.78, 5) is 15.5. The number of anilines is 1. The Morgan fingerprint density at radius 1 is 1.05 bits per heavy atom. The second-order valence-corrected chi connectivity index (χ2v) is 5.84. The molecule has 6 heteroatoms. The van der Waals surface area contributed by atoms with E-state index in [1.165, 1.54) is 44.5 Å². The molecule has 0 aliphatic carbocycles. The lowest BCUT2D eigenvalue weighted by atomic mass is 10.1. The van der Waals surface area contributed by atoms with Crippen molar-refractivity contribution >= 4 is 34.8 Å². The molecule has 1 aromatic heterocycles. The van der Waals surface area contributed by atoms with Crippen LogP contribution in [0.2, 0.25) is 10.0 Å². The van der Waals surface area contributed by atoms with Crippen LogP contribution in [0.25, 0.3) is 0 Å². The number of carbonyl (C=O) groups excluding carboxylic acids is 1. The van der Waals surface area contributed by atoms with Gasteiger partial charge in [-0.15, -0.1) is 0 Å². The smallest absolute Gasteiger partial charge is 0.238 e. The van der Waals surface area contributed by atoms with Gasteiger partial charge in [0, 0.05) is 18.8 Å². The molecule has 4 nitrogen and oxygen atoms in total. The normalized spacial score (nSPS) is 10.4. The highest BCUT2D eigenvalue weighted by atomic mass is 35.5. The summed E-state index contributed by atoms with van der Waals surface area (Å²) in [5.74, 6) is -0.0625. The Labute approximate surface area is 136 Å². The lowest BCUT2D eigenvalue weighted by Crippen LogP contribution is -2.29. The summed E-state index contributed by atoms with van der Waals surface area (Å²) < 4.78 is 0. The quantitative estimate of drug-likeness (QED) is 0.470. The molecule has 21 heavy (non-hydrogen) atoms. The largest absolute Gasteiger partial charge is 0.295 e. The van der Waals surface area contributed by atoms with Crippen LogP contribution < -0.4 is 10.9 Å². The maximum absolute atomic E-state index is 11.7. The monoisotopic (exact) mass is 331 g/mol. The van der Waals surface area contributed by atoms with Crippen molar-refractivity contribution in [3.05, 3.63) is 22.4 Å². The van der Waals surface area contributed by atoms with E-state index in [9.17, 15) is 4.79 Å². The first-order chi connectivity index (χ1) is 10.1. The summed E-state index contributed by atoms with van der Waals surface area (Å²) in [6, 6.07) is 0. The zero-order chi connectivity index (χ0) is 15.5. The number of hydrogen-bond donors (Lipinski definition) is 2. The molecule has 0 saturated heterocycles. The number of amides is 1. The van der Waals surface area contributed by atoms with Crippen LogP contribution in [-0.4, -0.2) is 10.9 Å². The van der Waals surface area contributed by atoms with Crippen LogP contribution in [0.1, 0.15) is 58.3 Å². The molecule has 0 aliphatic rings. The van der Waals surface area contributed by atoms with Gasteiger partial charge in [-0.2, -0.15) is 0 Å². The molecule has 0 radical (unpaired) electrons. The summed E-state index contributed by atoms with van der Waals surface area (Å²) in [7, 11) is 0. The van der Waals surface area contributed by atoms with Crippen LogP contribution in [0.4, 0.5) is 5.69 Å². The number of unbranched alkanes of at least 4 members (excludes halogenated alkanes) is 6. The predicted molar refractivity (Wildman–Crippen MR) is 88.6 cm³/mol. The number of aromatic nitrogens is 1. The van der Waals surface area contributed by atoms with Crippen molar-refractivity contribution in [2.75, 3.05) is 5.43 Å². The lowest BCUT2D eigenvalue weighted by Gasteiger charge is -2.11. The predicted octanol–water partition coefficient (Wildman–Crippen LogP) is 4.97. The number of carbonyl (C=O) groups is 1. The number of rotatable bonds is 10. The fourth-order valence-corrected chi connectivity index (χ4v) is 2.43. The van der Waals surface area contributed by atoms with Gasteiger partial charge in [0.15, 0.2) is 0 Å². The average molecular weight is 332 g/mol. The number of hydrazine groups is 1. The van der Waals surface area contributed by atoms with Gasteiger partial charge in [-0.1, -0.05) is 68.7 Å². The molecule has 0 bridgehead atoms. The second kappa shape index (κ2) is 10.7. The zero-order valence-corrected chi connectivity index (χ0v) is 13.9. The van der Waals surface area contributed by atoms with E-state index in [-0.39, 0.29) is 5.91 Å². The maximum Gasteiger partial charge on any atom is 0.238 e. The molecule has 0 fully saturated rings. The second-order valence-electron chi connectivity index (χ2n) is 5.02. The lowest BCUT2D eigenvalue weighted by molar-refractivity contribution is -0.120. The SMILES string of the molecule is CCCCCCCCCC(=O)NNc1c(Cl)cncc1Cl. The van der Waals surface area contributed by atoms with Gasteiger partial charge < -0.3 is 0 Å². The molecule has 0 unspecified atom stereocenters. The highest BCUT2D eigenvalue weighted by Gasteiger charge is 2.07. The first-order valence-electron chi connectivity index (χ1n) is 7.49. The molecule has 1 amide bonds. The highest BCUT2D eigenvalue weighted by Crippen LogP contribution is 2.27. The summed E-state index contributed by atoms with van der Waals surface area (Å²) in [6.07, 6.45) is 11.7. The van der Waals surface area contributed by atoms with Gasteiger partial charge in [0.05, 0.1) is 15.7 Å². The molecule has 1 heterocycles. The van der Waals surface area contributed by atoms with Gasteiger partial charge in [0.2, 0.25) is 5.91 Å². The molecule has 118 valence electrons. The minimum atomic E-state index is -0.0625. The Morgan fingerprint density at radius 3 is 2.24 bits per heavy atom. The molecule has 2 N–H and O–H groups in total. The van der Waals surface area contributed by atoms with Crippen LogP contribution in [0.5, 0.6) is 0 Å². The van der Waals surface area contributed by atoms with Crippen molar-refractivity contribution in [3.8, 4) is 0 Å². The van der Waals surface area contributed by atoms with Gasteiger partial charge in [0.1, 0.15) is 0 Å². The van der Waals surface area contributed by atoms with E-state index in [4.69, 9.17) is 23.2 Å². The van der Waals surface area contributed by atoms with Crippen molar-refractivity contribution in [1.82, 2.24) is 10.4 Å². The number of nitrogens with one attached hydrogen (secondary N) is 2. The van der Waals surface area contributed by atoms with E-state index in [1.807, 2.05) is 0 Å². The van der Waals surface area contributed by atoms with Crippen LogP contribution in [0.15, 0.2) is 12.4 Å². The molecule has 0 aromatic carbocycles. The third kappa shape index (κ3) is 7.53. The zero-order valence-electron chi connectivity index (χ0n) is 12.4. The van der Waals surface area contributed by atoms with Gasteiger partial charge in [-0.25, -0.2) is 0 Å². The Kier molecular flexibility index (Phi) is 9.19. The highest BCUT2D eigenvalue weighted by molar-refractivity contribution is 6.38. The van der Waals surface area contributed by atoms with E-state index in [1.54, 1.807) is 0 Å². The number of nitrogens with zero attached hydrogens (tertiary/aromatic N) is 1. The first-order valence-corrected chi connectivity index (χ1v) is 8.24. The van der Waals surface area contributed by atoms with Crippen molar-refractivity contribution in [2.45, 2.75) is 58.3 Å². The fraction of sp³-hybridized carbons (Fsp3) is 0.600. The van der Waals surface area contributed by atoms with Crippen molar-refractivity contribution < 1.29 is 4.79 Å². The minimum absolute atomic E-state index is 0.0625. The molecule has 0 aliphatic heterocycles. The van der Waals surface area contributed by atoms with Crippen LogP contribution in [-0.2, 0) is 4.79 Å². The van der Waals surface area contributed by atoms with Gasteiger partial charge in [-0.05, 0) is 6.42 Å². The topological polar surface area (TPSA) is 54.0 Å². The van der Waals surface area contributed by atoms with Crippen LogP contribution >= 0.6 is 23.2 Å². The van der Waals surface area contributed by atoms with E-state index in [0.717, 1.165) is 12.8 Å². The number of halogens is 2. The maximum atomic E-state index is 11.7. The Morgan fingerprint density at radius 2 is 1.62 bits per heavy atom. The third-order valence-corrected chi connectivity index (χ3v) is 3.76. The Hall–Kier alpha value is -1.00. The summed E-state index contributed by atoms with van der Waals surface area (Å²) >= 11 is 11.9. The summed E-state index contributed by atoms with van der Waals surface area (Å²) in [5.41, 5.74) is 5.83. The van der Waals surface area contributed by atoms with E-state index < -0.39 is 0 Å². The molecule has 0 saturated carbocycles. The summed E-state index contributed by atoms with van der Waals surface area (Å²) in [6.45, 7) is 2.21. The van der Waals surface area contributed by atoms with E-state index >= 15 is 0 Å². The van der Waals surface area contributed by atoms with Gasteiger partial charge in [0.25, 0.3) is 0 Å². The third-order valence-electron chi connectivity index (χ3n) is 3.19. The average Bonchev–Trinajstić information content (AvgIpc) is 2.46. The minimum Gasteiger partial charge on any atom is -0.295 e.